The summed E-state index contributed by atoms with van der Waals surface area (Å²) in [5.41, 5.74) is 0.800. The molecule has 2 unspecified atom stereocenters. The molecule has 1 aromatic carbocycles. The second-order valence-corrected chi connectivity index (χ2v) is 5.23. The Morgan fingerprint density at radius 3 is 2.82 bits per heavy atom. The highest BCUT2D eigenvalue weighted by Crippen LogP contribution is 2.29. The smallest absolute Gasteiger partial charge is 0.127 e. The molecule has 0 radical (unpaired) electrons. The van der Waals surface area contributed by atoms with Gasteiger partial charge in [0.15, 0.2) is 0 Å². The molecule has 17 heavy (non-hydrogen) atoms. The van der Waals surface area contributed by atoms with Gasteiger partial charge in [0.2, 0.25) is 0 Å². The van der Waals surface area contributed by atoms with Crippen molar-refractivity contribution < 1.29 is 9.50 Å². The Morgan fingerprint density at radius 1 is 1.35 bits per heavy atom. The Morgan fingerprint density at radius 2 is 2.18 bits per heavy atom. The third-order valence-corrected chi connectivity index (χ3v) is 3.51. The van der Waals surface area contributed by atoms with E-state index in [9.17, 15) is 9.50 Å². The van der Waals surface area contributed by atoms with Gasteiger partial charge in [0.05, 0.1) is 0 Å². The lowest BCUT2D eigenvalue weighted by Crippen LogP contribution is -2.21. The van der Waals surface area contributed by atoms with Crippen molar-refractivity contribution in [1.29, 1.82) is 0 Å². The van der Waals surface area contributed by atoms with E-state index in [2.05, 4.69) is 12.2 Å². The minimum atomic E-state index is -0.378. The largest absolute Gasteiger partial charge is 0.508 e. The van der Waals surface area contributed by atoms with E-state index in [-0.39, 0.29) is 11.6 Å². The van der Waals surface area contributed by atoms with Crippen LogP contribution in [0.1, 0.15) is 31.7 Å². The van der Waals surface area contributed by atoms with Gasteiger partial charge in [-0.05, 0) is 48.9 Å². The number of phenolic OH excluding ortho intramolecular Hbond substituents is 1. The van der Waals surface area contributed by atoms with Gasteiger partial charge in [-0.2, -0.15) is 0 Å². The van der Waals surface area contributed by atoms with E-state index in [4.69, 9.17) is 0 Å². The number of phenols is 1. The monoisotopic (exact) mass is 237 g/mol. The van der Waals surface area contributed by atoms with E-state index in [1.54, 1.807) is 6.07 Å². The summed E-state index contributed by atoms with van der Waals surface area (Å²) >= 11 is 0. The number of hydrogen-bond acceptors (Lipinski definition) is 2. The maximum absolute atomic E-state index is 13.0. The Bertz CT molecular complexity index is 360. The zero-order valence-corrected chi connectivity index (χ0v) is 10.2. The van der Waals surface area contributed by atoms with Crippen LogP contribution in [0.25, 0.3) is 0 Å². The van der Waals surface area contributed by atoms with E-state index < -0.39 is 0 Å². The van der Waals surface area contributed by atoms with Crippen molar-refractivity contribution in [2.45, 2.75) is 32.7 Å². The van der Waals surface area contributed by atoms with E-state index in [0.29, 0.717) is 6.54 Å². The minimum absolute atomic E-state index is 0.00344. The zero-order valence-electron chi connectivity index (χ0n) is 10.2. The van der Waals surface area contributed by atoms with Crippen LogP contribution in [-0.4, -0.2) is 11.7 Å². The fourth-order valence-corrected chi connectivity index (χ4v) is 2.67. The molecular weight excluding hydrogens is 217 g/mol. The van der Waals surface area contributed by atoms with Gasteiger partial charge in [0, 0.05) is 12.6 Å². The van der Waals surface area contributed by atoms with Crippen LogP contribution in [0.15, 0.2) is 18.2 Å². The summed E-state index contributed by atoms with van der Waals surface area (Å²) in [5, 5.41) is 12.6. The van der Waals surface area contributed by atoms with Crippen molar-refractivity contribution in [3.63, 3.8) is 0 Å². The SMILES string of the molecule is CC1CCC(CNCc2cc(O)cc(F)c2)C1. The number of halogens is 1. The standard InChI is InChI=1S/C14H20FNO/c1-10-2-3-11(4-10)8-16-9-12-5-13(15)7-14(17)6-12/h5-7,10-11,16-17H,2-4,8-9H2,1H3. The summed E-state index contributed by atoms with van der Waals surface area (Å²) in [6, 6.07) is 4.19. The number of benzene rings is 1. The summed E-state index contributed by atoms with van der Waals surface area (Å²) < 4.78 is 13.0. The highest BCUT2D eigenvalue weighted by Gasteiger charge is 2.20. The first-order chi connectivity index (χ1) is 8.13. The molecule has 0 amide bonds. The van der Waals surface area contributed by atoms with Gasteiger partial charge in [-0.15, -0.1) is 0 Å². The third kappa shape index (κ3) is 3.70. The van der Waals surface area contributed by atoms with Crippen molar-refractivity contribution in [2.24, 2.45) is 11.8 Å². The van der Waals surface area contributed by atoms with Crippen molar-refractivity contribution >= 4 is 0 Å². The molecule has 0 spiro atoms. The molecule has 94 valence electrons. The molecule has 0 saturated heterocycles. The molecule has 1 aromatic rings. The summed E-state index contributed by atoms with van der Waals surface area (Å²) in [6.45, 7) is 3.91. The molecule has 2 nitrogen and oxygen atoms in total. The highest BCUT2D eigenvalue weighted by atomic mass is 19.1. The molecule has 0 aliphatic heterocycles. The van der Waals surface area contributed by atoms with Crippen LogP contribution in [0.4, 0.5) is 4.39 Å². The lowest BCUT2D eigenvalue weighted by Gasteiger charge is -2.11. The van der Waals surface area contributed by atoms with Crippen molar-refractivity contribution in [2.75, 3.05) is 6.54 Å². The lowest BCUT2D eigenvalue weighted by atomic mass is 10.1. The number of rotatable bonds is 4. The Hall–Kier alpha value is -1.09. The minimum Gasteiger partial charge on any atom is -0.508 e. The number of nitrogens with one attached hydrogen (secondary N) is 1. The second-order valence-electron chi connectivity index (χ2n) is 5.23. The fourth-order valence-electron chi connectivity index (χ4n) is 2.67. The molecular formula is C14H20FNO. The topological polar surface area (TPSA) is 32.3 Å². The van der Waals surface area contributed by atoms with Gasteiger partial charge in [0.25, 0.3) is 0 Å². The molecule has 0 bridgehead atoms. The third-order valence-electron chi connectivity index (χ3n) is 3.51. The predicted octanol–water partition coefficient (Wildman–Crippen LogP) is 3.06. The van der Waals surface area contributed by atoms with E-state index in [1.807, 2.05) is 0 Å². The number of hydrogen-bond donors (Lipinski definition) is 2. The van der Waals surface area contributed by atoms with Gasteiger partial charge < -0.3 is 10.4 Å². The first kappa shape index (κ1) is 12.4. The number of aromatic hydroxyl groups is 1. The maximum atomic E-state index is 13.0. The predicted molar refractivity (Wildman–Crippen MR) is 66.3 cm³/mol. The van der Waals surface area contributed by atoms with Crippen molar-refractivity contribution in [3.8, 4) is 5.75 Å². The van der Waals surface area contributed by atoms with Crippen LogP contribution in [0, 0.1) is 17.7 Å². The first-order valence-corrected chi connectivity index (χ1v) is 6.32. The van der Waals surface area contributed by atoms with Crippen LogP contribution >= 0.6 is 0 Å². The zero-order chi connectivity index (χ0) is 12.3. The molecule has 3 heteroatoms. The van der Waals surface area contributed by atoms with Gasteiger partial charge in [0.1, 0.15) is 11.6 Å². The Kier molecular flexibility index (Phi) is 4.00. The van der Waals surface area contributed by atoms with Crippen molar-refractivity contribution in [3.05, 3.63) is 29.6 Å². The van der Waals surface area contributed by atoms with Crippen molar-refractivity contribution in [1.82, 2.24) is 5.32 Å². The van der Waals surface area contributed by atoms with Gasteiger partial charge in [-0.3, -0.25) is 0 Å². The van der Waals surface area contributed by atoms with Gasteiger partial charge in [-0.25, -0.2) is 4.39 Å². The molecule has 2 N–H and O–H groups in total. The average Bonchev–Trinajstić information content (AvgIpc) is 2.63. The molecule has 0 aromatic heterocycles. The average molecular weight is 237 g/mol. The Labute approximate surface area is 102 Å². The maximum Gasteiger partial charge on any atom is 0.127 e. The highest BCUT2D eigenvalue weighted by molar-refractivity contribution is 5.28. The quantitative estimate of drug-likeness (QED) is 0.843. The van der Waals surface area contributed by atoms with Crippen LogP contribution in [0.3, 0.4) is 0 Å². The van der Waals surface area contributed by atoms with Crippen LogP contribution in [0.5, 0.6) is 5.75 Å². The van der Waals surface area contributed by atoms with Crippen LogP contribution in [-0.2, 0) is 6.54 Å². The molecule has 1 aliphatic rings. The van der Waals surface area contributed by atoms with E-state index in [1.165, 1.54) is 25.3 Å². The van der Waals surface area contributed by atoms with Gasteiger partial charge in [-0.1, -0.05) is 13.3 Å². The van der Waals surface area contributed by atoms with Gasteiger partial charge >= 0.3 is 0 Å². The van der Waals surface area contributed by atoms with Crippen LogP contribution < -0.4 is 5.32 Å². The summed E-state index contributed by atoms with van der Waals surface area (Å²) in [7, 11) is 0. The first-order valence-electron chi connectivity index (χ1n) is 6.32. The molecule has 1 fully saturated rings. The summed E-state index contributed by atoms with van der Waals surface area (Å²) in [6.07, 6.45) is 3.91. The lowest BCUT2D eigenvalue weighted by molar-refractivity contribution is 0.460. The van der Waals surface area contributed by atoms with E-state index >= 15 is 0 Å². The molecule has 2 rings (SSSR count). The summed E-state index contributed by atoms with van der Waals surface area (Å²) in [4.78, 5) is 0. The molecule has 0 heterocycles. The molecule has 1 saturated carbocycles. The van der Waals surface area contributed by atoms with Crippen LogP contribution in [0.2, 0.25) is 0 Å². The normalized spacial score (nSPS) is 24.1. The molecule has 2 atom stereocenters. The van der Waals surface area contributed by atoms with E-state index in [0.717, 1.165) is 30.0 Å². The molecule has 1 aliphatic carbocycles. The Balaban J connectivity index is 1.78. The summed E-state index contributed by atoms with van der Waals surface area (Å²) in [5.74, 6) is 1.22. The second kappa shape index (κ2) is 5.50. The fraction of sp³-hybridized carbons (Fsp3) is 0.571.